The molecular weight excluding hydrogens is 265 g/mol. The van der Waals surface area contributed by atoms with Crippen molar-refractivity contribution >= 4 is 23.2 Å². The van der Waals surface area contributed by atoms with Crippen LogP contribution >= 0.6 is 11.6 Å². The topological polar surface area (TPSA) is 29.1 Å². The second-order valence-corrected chi connectivity index (χ2v) is 6.20. The standard InChI is InChI=1S/C15H17ClFNO/c16-12-2-1-3-13(15(12)17)18-14(19)8-11-7-9-4-5-10(11)6-9/h1-3,9-11H,4-8H2,(H,18,19). The zero-order chi connectivity index (χ0) is 13.4. The van der Waals surface area contributed by atoms with Gasteiger partial charge in [-0.1, -0.05) is 24.1 Å². The van der Waals surface area contributed by atoms with Gasteiger partial charge in [0.1, 0.15) is 0 Å². The molecule has 0 radical (unpaired) electrons. The molecule has 102 valence electrons. The molecule has 3 unspecified atom stereocenters. The van der Waals surface area contributed by atoms with Gasteiger partial charge < -0.3 is 5.32 Å². The molecular formula is C15H17ClFNO. The van der Waals surface area contributed by atoms with Gasteiger partial charge in [-0.3, -0.25) is 4.79 Å². The van der Waals surface area contributed by atoms with E-state index >= 15 is 0 Å². The maximum absolute atomic E-state index is 13.7. The smallest absolute Gasteiger partial charge is 0.224 e. The number of amides is 1. The average molecular weight is 282 g/mol. The van der Waals surface area contributed by atoms with Crippen molar-refractivity contribution in [3.8, 4) is 0 Å². The Labute approximate surface area is 117 Å². The van der Waals surface area contributed by atoms with Crippen molar-refractivity contribution in [1.29, 1.82) is 0 Å². The van der Waals surface area contributed by atoms with Gasteiger partial charge in [0.05, 0.1) is 10.7 Å². The molecule has 3 atom stereocenters. The summed E-state index contributed by atoms with van der Waals surface area (Å²) in [6.45, 7) is 0. The highest BCUT2D eigenvalue weighted by atomic mass is 35.5. The summed E-state index contributed by atoms with van der Waals surface area (Å²) in [5.41, 5.74) is 0.181. The molecule has 2 aliphatic rings. The normalized spacial score (nSPS) is 28.6. The Morgan fingerprint density at radius 1 is 1.37 bits per heavy atom. The minimum atomic E-state index is -0.551. The molecule has 1 amide bonds. The molecule has 2 bridgehead atoms. The molecule has 2 aliphatic carbocycles. The molecule has 1 aromatic rings. The van der Waals surface area contributed by atoms with Crippen LogP contribution in [0.3, 0.4) is 0 Å². The number of carbonyl (C=O) groups is 1. The molecule has 3 rings (SSSR count). The van der Waals surface area contributed by atoms with Crippen LogP contribution in [0.25, 0.3) is 0 Å². The van der Waals surface area contributed by atoms with E-state index in [0.717, 1.165) is 12.3 Å². The van der Waals surface area contributed by atoms with E-state index in [1.807, 2.05) is 0 Å². The van der Waals surface area contributed by atoms with Crippen LogP contribution in [0.2, 0.25) is 5.02 Å². The highest BCUT2D eigenvalue weighted by Crippen LogP contribution is 2.49. The minimum Gasteiger partial charge on any atom is -0.324 e. The molecule has 2 saturated carbocycles. The third kappa shape index (κ3) is 2.62. The zero-order valence-corrected chi connectivity index (χ0v) is 11.4. The highest BCUT2D eigenvalue weighted by molar-refractivity contribution is 6.31. The van der Waals surface area contributed by atoms with Crippen molar-refractivity contribution in [2.75, 3.05) is 5.32 Å². The maximum Gasteiger partial charge on any atom is 0.224 e. The third-order valence-electron chi connectivity index (χ3n) is 4.56. The molecule has 2 nitrogen and oxygen atoms in total. The van der Waals surface area contributed by atoms with Crippen molar-refractivity contribution in [3.63, 3.8) is 0 Å². The molecule has 0 aliphatic heterocycles. The summed E-state index contributed by atoms with van der Waals surface area (Å²) in [6.07, 6.45) is 5.53. The Morgan fingerprint density at radius 3 is 2.89 bits per heavy atom. The van der Waals surface area contributed by atoms with E-state index in [-0.39, 0.29) is 16.6 Å². The van der Waals surface area contributed by atoms with Crippen LogP contribution in [0.5, 0.6) is 0 Å². The van der Waals surface area contributed by atoms with Gasteiger partial charge in [0.25, 0.3) is 0 Å². The quantitative estimate of drug-likeness (QED) is 0.882. The van der Waals surface area contributed by atoms with Gasteiger partial charge in [0.2, 0.25) is 5.91 Å². The lowest BCUT2D eigenvalue weighted by atomic mass is 9.86. The lowest BCUT2D eigenvalue weighted by Crippen LogP contribution is -2.20. The Kier molecular flexibility index (Phi) is 3.48. The van der Waals surface area contributed by atoms with E-state index in [1.165, 1.54) is 25.3 Å². The number of rotatable bonds is 3. The van der Waals surface area contributed by atoms with E-state index in [4.69, 9.17) is 11.6 Å². The Morgan fingerprint density at radius 2 is 2.21 bits per heavy atom. The van der Waals surface area contributed by atoms with Gasteiger partial charge in [-0.05, 0) is 49.1 Å². The fraction of sp³-hybridized carbons (Fsp3) is 0.533. The van der Waals surface area contributed by atoms with Crippen LogP contribution in [-0.4, -0.2) is 5.91 Å². The van der Waals surface area contributed by atoms with Crippen molar-refractivity contribution in [2.24, 2.45) is 17.8 Å². The fourth-order valence-electron chi connectivity index (χ4n) is 3.67. The number of fused-ring (bicyclic) bond motifs is 2. The minimum absolute atomic E-state index is 0.0396. The summed E-state index contributed by atoms with van der Waals surface area (Å²) in [5.74, 6) is 1.37. The first-order valence-electron chi connectivity index (χ1n) is 6.87. The van der Waals surface area contributed by atoms with E-state index in [2.05, 4.69) is 5.32 Å². The number of carbonyl (C=O) groups excluding carboxylic acids is 1. The predicted molar refractivity (Wildman–Crippen MR) is 73.6 cm³/mol. The molecule has 0 heterocycles. The summed E-state index contributed by atoms with van der Waals surface area (Å²) >= 11 is 5.69. The lowest BCUT2D eigenvalue weighted by molar-refractivity contribution is -0.117. The van der Waals surface area contributed by atoms with Crippen LogP contribution in [0.4, 0.5) is 10.1 Å². The summed E-state index contributed by atoms with van der Waals surface area (Å²) in [4.78, 5) is 12.0. The van der Waals surface area contributed by atoms with Gasteiger partial charge in [-0.2, -0.15) is 0 Å². The monoisotopic (exact) mass is 281 g/mol. The van der Waals surface area contributed by atoms with Crippen LogP contribution in [0.1, 0.15) is 32.1 Å². The lowest BCUT2D eigenvalue weighted by Gasteiger charge is -2.21. The van der Waals surface area contributed by atoms with Gasteiger partial charge in [0, 0.05) is 6.42 Å². The number of halogens is 2. The molecule has 0 aromatic heterocycles. The molecule has 1 aromatic carbocycles. The number of anilines is 1. The predicted octanol–water partition coefficient (Wildman–Crippen LogP) is 4.24. The Hall–Kier alpha value is -1.09. The van der Waals surface area contributed by atoms with Gasteiger partial charge in [-0.15, -0.1) is 0 Å². The average Bonchev–Trinajstić information content (AvgIpc) is 2.97. The molecule has 4 heteroatoms. The van der Waals surface area contributed by atoms with E-state index in [0.29, 0.717) is 18.3 Å². The molecule has 1 N–H and O–H groups in total. The highest BCUT2D eigenvalue weighted by Gasteiger charge is 2.40. The summed E-state index contributed by atoms with van der Waals surface area (Å²) in [7, 11) is 0. The summed E-state index contributed by atoms with van der Waals surface area (Å²) in [6, 6.07) is 4.65. The number of hydrogen-bond donors (Lipinski definition) is 1. The Balaban J connectivity index is 1.61. The van der Waals surface area contributed by atoms with Crippen molar-refractivity contribution in [1.82, 2.24) is 0 Å². The van der Waals surface area contributed by atoms with Gasteiger partial charge in [-0.25, -0.2) is 4.39 Å². The first kappa shape index (κ1) is 12.9. The number of benzene rings is 1. The van der Waals surface area contributed by atoms with Crippen molar-refractivity contribution in [3.05, 3.63) is 29.0 Å². The van der Waals surface area contributed by atoms with Crippen molar-refractivity contribution < 1.29 is 9.18 Å². The SMILES string of the molecule is O=C(CC1CC2CCC1C2)Nc1cccc(Cl)c1F. The van der Waals surface area contributed by atoms with Crippen LogP contribution in [-0.2, 0) is 4.79 Å². The van der Waals surface area contributed by atoms with E-state index in [1.54, 1.807) is 12.1 Å². The van der Waals surface area contributed by atoms with Crippen LogP contribution in [0, 0.1) is 23.6 Å². The van der Waals surface area contributed by atoms with Crippen LogP contribution in [0.15, 0.2) is 18.2 Å². The number of hydrogen-bond acceptors (Lipinski definition) is 1. The molecule has 2 fully saturated rings. The first-order chi connectivity index (χ1) is 9.13. The van der Waals surface area contributed by atoms with Crippen LogP contribution < -0.4 is 5.32 Å². The van der Waals surface area contributed by atoms with Gasteiger partial charge >= 0.3 is 0 Å². The summed E-state index contributed by atoms with van der Waals surface area (Å²) < 4.78 is 13.7. The van der Waals surface area contributed by atoms with Crippen molar-refractivity contribution in [2.45, 2.75) is 32.1 Å². The molecule has 0 spiro atoms. The Bertz CT molecular complexity index is 505. The summed E-state index contributed by atoms with van der Waals surface area (Å²) in [5, 5.41) is 2.68. The van der Waals surface area contributed by atoms with E-state index in [9.17, 15) is 9.18 Å². The second kappa shape index (κ2) is 5.12. The zero-order valence-electron chi connectivity index (χ0n) is 10.7. The van der Waals surface area contributed by atoms with Gasteiger partial charge in [0.15, 0.2) is 5.82 Å². The molecule has 19 heavy (non-hydrogen) atoms. The largest absolute Gasteiger partial charge is 0.324 e. The first-order valence-corrected chi connectivity index (χ1v) is 7.25. The maximum atomic E-state index is 13.7. The molecule has 0 saturated heterocycles. The number of nitrogens with one attached hydrogen (secondary N) is 1. The second-order valence-electron chi connectivity index (χ2n) is 5.79. The third-order valence-corrected chi connectivity index (χ3v) is 4.85. The van der Waals surface area contributed by atoms with E-state index < -0.39 is 5.82 Å². The fourth-order valence-corrected chi connectivity index (χ4v) is 3.84.